The molecule has 156 valence electrons. The summed E-state index contributed by atoms with van der Waals surface area (Å²) in [4.78, 5) is 33.0. The van der Waals surface area contributed by atoms with Gasteiger partial charge in [0.2, 0.25) is 0 Å². The summed E-state index contributed by atoms with van der Waals surface area (Å²) in [5.41, 5.74) is 1.64. The molecule has 0 spiro atoms. The molecule has 6 nitrogen and oxygen atoms in total. The lowest BCUT2D eigenvalue weighted by atomic mass is 10.1. The maximum atomic E-state index is 13.4. The van der Waals surface area contributed by atoms with Gasteiger partial charge in [0, 0.05) is 12.6 Å². The molecule has 0 saturated carbocycles. The molecular formula is C25H23N3O3. The zero-order valence-electron chi connectivity index (χ0n) is 17.6. The fourth-order valence-electron chi connectivity index (χ4n) is 3.57. The molecule has 1 aromatic heterocycles. The first-order chi connectivity index (χ1) is 15.0. The van der Waals surface area contributed by atoms with Crippen LogP contribution in [0.25, 0.3) is 16.6 Å². The number of carbonyl (C=O) groups excluding carboxylic acids is 1. The van der Waals surface area contributed by atoms with E-state index in [1.807, 2.05) is 55.5 Å². The molecule has 31 heavy (non-hydrogen) atoms. The van der Waals surface area contributed by atoms with Crippen LogP contribution >= 0.6 is 0 Å². The van der Waals surface area contributed by atoms with E-state index in [0.717, 1.165) is 0 Å². The second kappa shape index (κ2) is 8.44. The number of aromatic nitrogens is 2. The normalized spacial score (nSPS) is 11.8. The van der Waals surface area contributed by atoms with Crippen molar-refractivity contribution in [2.45, 2.75) is 13.0 Å². The Labute approximate surface area is 180 Å². The molecule has 1 amide bonds. The Morgan fingerprint density at radius 2 is 1.71 bits per heavy atom. The third-order valence-electron chi connectivity index (χ3n) is 5.41. The van der Waals surface area contributed by atoms with Crippen LogP contribution in [0.3, 0.4) is 0 Å². The Kier molecular flexibility index (Phi) is 5.54. The van der Waals surface area contributed by atoms with Crippen molar-refractivity contribution < 1.29 is 9.53 Å². The lowest BCUT2D eigenvalue weighted by molar-refractivity contribution is 0.0734. The van der Waals surface area contributed by atoms with Gasteiger partial charge in [0.05, 0.1) is 29.7 Å². The summed E-state index contributed by atoms with van der Waals surface area (Å²) in [5.74, 6) is 0.916. The largest absolute Gasteiger partial charge is 0.497 e. The van der Waals surface area contributed by atoms with E-state index in [0.29, 0.717) is 33.7 Å². The van der Waals surface area contributed by atoms with Gasteiger partial charge in [-0.1, -0.05) is 36.4 Å². The number of hydrogen-bond acceptors (Lipinski definition) is 4. The van der Waals surface area contributed by atoms with Gasteiger partial charge >= 0.3 is 0 Å². The summed E-state index contributed by atoms with van der Waals surface area (Å²) in [6.07, 6.45) is 0. The smallest absolute Gasteiger partial charge is 0.266 e. The number of carbonyl (C=O) groups is 1. The highest BCUT2D eigenvalue weighted by molar-refractivity contribution is 5.94. The van der Waals surface area contributed by atoms with E-state index in [1.165, 1.54) is 0 Å². The van der Waals surface area contributed by atoms with Gasteiger partial charge in [-0.15, -0.1) is 0 Å². The van der Waals surface area contributed by atoms with Crippen molar-refractivity contribution in [2.75, 3.05) is 14.2 Å². The van der Waals surface area contributed by atoms with Crippen LogP contribution in [-0.4, -0.2) is 34.5 Å². The molecule has 3 aromatic carbocycles. The molecular weight excluding hydrogens is 390 g/mol. The average molecular weight is 413 g/mol. The zero-order valence-corrected chi connectivity index (χ0v) is 17.6. The number of benzene rings is 3. The van der Waals surface area contributed by atoms with Crippen LogP contribution in [0.15, 0.2) is 83.7 Å². The van der Waals surface area contributed by atoms with Crippen molar-refractivity contribution >= 4 is 16.8 Å². The molecule has 0 aliphatic carbocycles. The van der Waals surface area contributed by atoms with Gasteiger partial charge in [-0.05, 0) is 49.4 Å². The molecule has 0 fully saturated rings. The number of amides is 1. The number of rotatable bonds is 5. The summed E-state index contributed by atoms with van der Waals surface area (Å²) in [6.45, 7) is 1.87. The molecule has 4 aromatic rings. The van der Waals surface area contributed by atoms with Crippen LogP contribution in [-0.2, 0) is 0 Å². The predicted molar refractivity (Wildman–Crippen MR) is 121 cm³/mol. The highest BCUT2D eigenvalue weighted by Gasteiger charge is 2.25. The topological polar surface area (TPSA) is 64.4 Å². The van der Waals surface area contributed by atoms with Crippen LogP contribution in [0.1, 0.15) is 29.1 Å². The van der Waals surface area contributed by atoms with E-state index in [9.17, 15) is 9.59 Å². The lowest BCUT2D eigenvalue weighted by Crippen LogP contribution is -2.34. The van der Waals surface area contributed by atoms with Gasteiger partial charge in [-0.2, -0.15) is 0 Å². The first-order valence-corrected chi connectivity index (χ1v) is 9.99. The van der Waals surface area contributed by atoms with E-state index in [2.05, 4.69) is 0 Å². The Morgan fingerprint density at radius 3 is 2.45 bits per heavy atom. The minimum atomic E-state index is -0.462. The van der Waals surface area contributed by atoms with Gasteiger partial charge in [0.25, 0.3) is 11.5 Å². The number of ether oxygens (including phenoxy) is 1. The lowest BCUT2D eigenvalue weighted by Gasteiger charge is -2.27. The van der Waals surface area contributed by atoms with E-state index in [4.69, 9.17) is 9.72 Å². The van der Waals surface area contributed by atoms with E-state index in [1.54, 1.807) is 54.0 Å². The zero-order chi connectivity index (χ0) is 22.0. The molecule has 0 bridgehead atoms. The third-order valence-corrected chi connectivity index (χ3v) is 5.41. The van der Waals surface area contributed by atoms with Crippen molar-refractivity contribution in [2.24, 2.45) is 0 Å². The number of nitrogens with zero attached hydrogens (tertiary/aromatic N) is 3. The third kappa shape index (κ3) is 3.80. The monoisotopic (exact) mass is 413 g/mol. The van der Waals surface area contributed by atoms with Gasteiger partial charge in [0.1, 0.15) is 11.6 Å². The SMILES string of the molecule is COc1cccc(C(=O)N(C)C(C)c2nc3ccccc3c(=O)n2-c2ccccc2)c1. The summed E-state index contributed by atoms with van der Waals surface area (Å²) in [6, 6.07) is 23.1. The second-order valence-electron chi connectivity index (χ2n) is 7.29. The molecule has 1 atom stereocenters. The molecule has 0 radical (unpaired) electrons. The highest BCUT2D eigenvalue weighted by Crippen LogP contribution is 2.24. The quantitative estimate of drug-likeness (QED) is 0.491. The van der Waals surface area contributed by atoms with Gasteiger partial charge in [-0.25, -0.2) is 4.98 Å². The van der Waals surface area contributed by atoms with E-state index < -0.39 is 6.04 Å². The van der Waals surface area contributed by atoms with Crippen molar-refractivity contribution in [1.29, 1.82) is 0 Å². The van der Waals surface area contributed by atoms with E-state index in [-0.39, 0.29) is 11.5 Å². The maximum Gasteiger partial charge on any atom is 0.266 e. The van der Waals surface area contributed by atoms with Crippen molar-refractivity contribution in [1.82, 2.24) is 14.5 Å². The van der Waals surface area contributed by atoms with E-state index >= 15 is 0 Å². The van der Waals surface area contributed by atoms with Crippen molar-refractivity contribution in [3.63, 3.8) is 0 Å². The Hall–Kier alpha value is -3.93. The van der Waals surface area contributed by atoms with Gasteiger partial charge in [-0.3, -0.25) is 14.2 Å². The molecule has 1 heterocycles. The Balaban J connectivity index is 1.84. The summed E-state index contributed by atoms with van der Waals surface area (Å²) in [7, 11) is 3.27. The van der Waals surface area contributed by atoms with Crippen molar-refractivity contribution in [3.8, 4) is 11.4 Å². The number of para-hydroxylation sites is 2. The molecule has 0 aliphatic heterocycles. The fraction of sp³-hybridized carbons (Fsp3) is 0.160. The number of fused-ring (bicyclic) bond motifs is 1. The molecule has 0 saturated heterocycles. The Morgan fingerprint density at radius 1 is 1.00 bits per heavy atom. The molecule has 4 rings (SSSR count). The molecule has 0 aliphatic rings. The van der Waals surface area contributed by atoms with Crippen LogP contribution in [0.2, 0.25) is 0 Å². The van der Waals surface area contributed by atoms with Crippen LogP contribution in [0, 0.1) is 0 Å². The first-order valence-electron chi connectivity index (χ1n) is 9.99. The van der Waals surface area contributed by atoms with Crippen LogP contribution < -0.4 is 10.3 Å². The fourth-order valence-corrected chi connectivity index (χ4v) is 3.57. The standard InChI is InChI=1S/C25H23N3O3/c1-17(27(2)24(29)18-10-9-13-20(16-18)31-3)23-26-22-15-8-7-14-21(22)25(30)28(23)19-11-5-4-6-12-19/h4-17H,1-3H3. The molecule has 1 unspecified atom stereocenters. The van der Waals surface area contributed by atoms with Crippen LogP contribution in [0.5, 0.6) is 5.75 Å². The minimum absolute atomic E-state index is 0.166. The second-order valence-corrected chi connectivity index (χ2v) is 7.29. The minimum Gasteiger partial charge on any atom is -0.497 e. The Bertz CT molecular complexity index is 1300. The van der Waals surface area contributed by atoms with Gasteiger partial charge < -0.3 is 9.64 Å². The maximum absolute atomic E-state index is 13.4. The summed E-state index contributed by atoms with van der Waals surface area (Å²) in [5, 5.41) is 0.532. The average Bonchev–Trinajstić information content (AvgIpc) is 2.83. The molecule has 0 N–H and O–H groups in total. The first kappa shape index (κ1) is 20.3. The highest BCUT2D eigenvalue weighted by atomic mass is 16.5. The number of hydrogen-bond donors (Lipinski definition) is 0. The van der Waals surface area contributed by atoms with Gasteiger partial charge in [0.15, 0.2) is 0 Å². The van der Waals surface area contributed by atoms with Crippen LogP contribution in [0.4, 0.5) is 0 Å². The summed E-state index contributed by atoms with van der Waals surface area (Å²) < 4.78 is 6.83. The number of methoxy groups -OCH3 is 1. The van der Waals surface area contributed by atoms with Crippen molar-refractivity contribution in [3.05, 3.63) is 101 Å². The summed E-state index contributed by atoms with van der Waals surface area (Å²) >= 11 is 0. The predicted octanol–water partition coefficient (Wildman–Crippen LogP) is 4.23. The molecule has 6 heteroatoms.